The summed E-state index contributed by atoms with van der Waals surface area (Å²) in [4.78, 5) is 13.5. The third-order valence-corrected chi connectivity index (χ3v) is 4.02. The topological polar surface area (TPSA) is 20.3 Å². The number of carbonyl (C=O) groups is 1. The Balaban J connectivity index is 2.34. The molecule has 2 aromatic carbocycles. The van der Waals surface area contributed by atoms with Crippen LogP contribution in [0.1, 0.15) is 36.6 Å². The van der Waals surface area contributed by atoms with Crippen molar-refractivity contribution in [1.29, 1.82) is 0 Å². The van der Waals surface area contributed by atoms with Gasteiger partial charge in [-0.25, -0.2) is 0 Å². The van der Waals surface area contributed by atoms with Crippen molar-refractivity contribution in [3.05, 3.63) is 84.4 Å². The zero-order valence-electron chi connectivity index (χ0n) is 13.1. The summed E-state index contributed by atoms with van der Waals surface area (Å²) in [5.41, 5.74) is 2.41. The van der Waals surface area contributed by atoms with Gasteiger partial charge in [-0.05, 0) is 18.1 Å². The van der Waals surface area contributed by atoms with Crippen LogP contribution in [-0.4, -0.2) is 17.7 Å². The van der Waals surface area contributed by atoms with Crippen LogP contribution in [0.3, 0.4) is 0 Å². The molecule has 2 heteroatoms. The molecule has 0 saturated heterocycles. The van der Waals surface area contributed by atoms with E-state index in [1.54, 1.807) is 0 Å². The molecule has 0 aromatic heterocycles. The molecule has 0 radical (unpaired) electrons. The molecular weight excluding hydrogens is 270 g/mol. The SMILES string of the molecule is C=CCN([C@H](C)c1ccccc1)[C@@H](CC=O)c1ccccc1. The highest BCUT2D eigenvalue weighted by atomic mass is 16.1. The molecule has 0 aliphatic rings. The normalized spacial score (nSPS) is 13.5. The van der Waals surface area contributed by atoms with Crippen molar-refractivity contribution in [3.8, 4) is 0 Å². The van der Waals surface area contributed by atoms with E-state index in [9.17, 15) is 4.79 Å². The van der Waals surface area contributed by atoms with Crippen molar-refractivity contribution in [2.45, 2.75) is 25.4 Å². The summed E-state index contributed by atoms with van der Waals surface area (Å²) < 4.78 is 0. The molecule has 0 bridgehead atoms. The Hall–Kier alpha value is -2.19. The predicted molar refractivity (Wildman–Crippen MR) is 91.6 cm³/mol. The first-order valence-electron chi connectivity index (χ1n) is 7.68. The lowest BCUT2D eigenvalue weighted by Gasteiger charge is -2.35. The highest BCUT2D eigenvalue weighted by Crippen LogP contribution is 2.32. The fourth-order valence-electron chi connectivity index (χ4n) is 2.86. The van der Waals surface area contributed by atoms with Crippen molar-refractivity contribution >= 4 is 6.29 Å². The number of carbonyl (C=O) groups excluding carboxylic acids is 1. The van der Waals surface area contributed by atoms with Crippen molar-refractivity contribution in [2.24, 2.45) is 0 Å². The Morgan fingerprint density at radius 2 is 1.55 bits per heavy atom. The maximum atomic E-state index is 11.2. The van der Waals surface area contributed by atoms with Crippen LogP contribution >= 0.6 is 0 Å². The summed E-state index contributed by atoms with van der Waals surface area (Å²) >= 11 is 0. The lowest BCUT2D eigenvalue weighted by atomic mass is 9.98. The van der Waals surface area contributed by atoms with Crippen LogP contribution in [0.15, 0.2) is 73.3 Å². The van der Waals surface area contributed by atoms with E-state index in [1.807, 2.05) is 30.3 Å². The fourth-order valence-corrected chi connectivity index (χ4v) is 2.86. The second-order valence-corrected chi connectivity index (χ2v) is 5.40. The fraction of sp³-hybridized carbons (Fsp3) is 0.250. The van der Waals surface area contributed by atoms with Gasteiger partial charge in [0.25, 0.3) is 0 Å². The monoisotopic (exact) mass is 293 g/mol. The molecule has 0 N–H and O–H groups in total. The molecule has 0 fully saturated rings. The number of aldehydes is 1. The van der Waals surface area contributed by atoms with Gasteiger partial charge in [-0.15, -0.1) is 6.58 Å². The van der Waals surface area contributed by atoms with Gasteiger partial charge in [0.15, 0.2) is 0 Å². The first-order chi connectivity index (χ1) is 10.8. The Labute approximate surface area is 133 Å². The van der Waals surface area contributed by atoms with Crippen LogP contribution in [-0.2, 0) is 4.79 Å². The zero-order valence-corrected chi connectivity index (χ0v) is 13.1. The zero-order chi connectivity index (χ0) is 15.8. The summed E-state index contributed by atoms with van der Waals surface area (Å²) in [5, 5.41) is 0. The third kappa shape index (κ3) is 3.92. The lowest BCUT2D eigenvalue weighted by molar-refractivity contribution is -0.109. The minimum absolute atomic E-state index is 0.0620. The van der Waals surface area contributed by atoms with Crippen LogP contribution in [0.25, 0.3) is 0 Å². The van der Waals surface area contributed by atoms with Gasteiger partial charge in [0.05, 0.1) is 0 Å². The number of benzene rings is 2. The standard InChI is InChI=1S/C20H23NO/c1-3-15-21(17(2)18-10-6-4-7-11-18)20(14-16-22)19-12-8-5-9-13-19/h3-13,16-17,20H,1,14-15H2,2H3/t17-,20+/m1/s1. The maximum absolute atomic E-state index is 11.2. The van der Waals surface area contributed by atoms with E-state index in [4.69, 9.17) is 0 Å². The van der Waals surface area contributed by atoms with E-state index < -0.39 is 0 Å². The molecule has 2 atom stereocenters. The molecular formula is C20H23NO. The van der Waals surface area contributed by atoms with Crippen molar-refractivity contribution < 1.29 is 4.79 Å². The number of nitrogens with zero attached hydrogens (tertiary/aromatic N) is 1. The van der Waals surface area contributed by atoms with Crippen molar-refractivity contribution in [2.75, 3.05) is 6.54 Å². The van der Waals surface area contributed by atoms with Gasteiger partial charge in [-0.2, -0.15) is 0 Å². The van der Waals surface area contributed by atoms with Crippen molar-refractivity contribution in [1.82, 2.24) is 4.90 Å². The van der Waals surface area contributed by atoms with E-state index >= 15 is 0 Å². The maximum Gasteiger partial charge on any atom is 0.121 e. The van der Waals surface area contributed by atoms with Crippen LogP contribution in [0.4, 0.5) is 0 Å². The third-order valence-electron chi connectivity index (χ3n) is 4.02. The van der Waals surface area contributed by atoms with Crippen LogP contribution < -0.4 is 0 Å². The number of hydrogen-bond acceptors (Lipinski definition) is 2. The molecule has 22 heavy (non-hydrogen) atoms. The molecule has 0 unspecified atom stereocenters. The van der Waals surface area contributed by atoms with Crippen molar-refractivity contribution in [3.63, 3.8) is 0 Å². The largest absolute Gasteiger partial charge is 0.303 e. The highest BCUT2D eigenvalue weighted by molar-refractivity contribution is 5.51. The summed E-state index contributed by atoms with van der Waals surface area (Å²) in [5.74, 6) is 0. The average molecular weight is 293 g/mol. The van der Waals surface area contributed by atoms with Gasteiger partial charge in [0.2, 0.25) is 0 Å². The van der Waals surface area contributed by atoms with E-state index in [-0.39, 0.29) is 12.1 Å². The smallest absolute Gasteiger partial charge is 0.121 e. The van der Waals surface area contributed by atoms with Crippen LogP contribution in [0.2, 0.25) is 0 Å². The Morgan fingerprint density at radius 1 is 1.00 bits per heavy atom. The minimum Gasteiger partial charge on any atom is -0.303 e. The van der Waals surface area contributed by atoms with E-state index in [2.05, 4.69) is 54.8 Å². The Morgan fingerprint density at radius 3 is 2.05 bits per heavy atom. The molecule has 0 aliphatic carbocycles. The van der Waals surface area contributed by atoms with Crippen LogP contribution in [0, 0.1) is 0 Å². The molecule has 0 aliphatic heterocycles. The minimum atomic E-state index is 0.0620. The first-order valence-corrected chi connectivity index (χ1v) is 7.68. The second-order valence-electron chi connectivity index (χ2n) is 5.40. The number of hydrogen-bond donors (Lipinski definition) is 0. The van der Waals surface area contributed by atoms with Gasteiger partial charge in [0, 0.05) is 25.0 Å². The molecule has 0 heterocycles. The van der Waals surface area contributed by atoms with Gasteiger partial charge in [-0.3, -0.25) is 4.90 Å². The van der Waals surface area contributed by atoms with Gasteiger partial charge < -0.3 is 4.79 Å². The van der Waals surface area contributed by atoms with Crippen LogP contribution in [0.5, 0.6) is 0 Å². The van der Waals surface area contributed by atoms with Gasteiger partial charge in [0.1, 0.15) is 6.29 Å². The van der Waals surface area contributed by atoms with E-state index in [1.165, 1.54) is 11.1 Å². The molecule has 0 saturated carbocycles. The summed E-state index contributed by atoms with van der Waals surface area (Å²) in [6.07, 6.45) is 3.39. The number of rotatable bonds is 8. The Kier molecular flexibility index (Phi) is 6.11. The van der Waals surface area contributed by atoms with Gasteiger partial charge >= 0.3 is 0 Å². The predicted octanol–water partition coefficient (Wildman–Crippen LogP) is 4.57. The molecule has 2 rings (SSSR count). The quantitative estimate of drug-likeness (QED) is 0.525. The molecule has 114 valence electrons. The summed E-state index contributed by atoms with van der Waals surface area (Å²) in [6, 6.07) is 20.9. The molecule has 0 amide bonds. The van der Waals surface area contributed by atoms with Gasteiger partial charge in [-0.1, -0.05) is 66.7 Å². The molecule has 2 nitrogen and oxygen atoms in total. The van der Waals surface area contributed by atoms with E-state index in [0.29, 0.717) is 6.42 Å². The average Bonchev–Trinajstić information content (AvgIpc) is 2.59. The molecule has 0 spiro atoms. The highest BCUT2D eigenvalue weighted by Gasteiger charge is 2.24. The second kappa shape index (κ2) is 8.30. The van der Waals surface area contributed by atoms with E-state index in [0.717, 1.165) is 12.8 Å². The lowest BCUT2D eigenvalue weighted by Crippen LogP contribution is -2.32. The Bertz CT molecular complexity index is 579. The summed E-state index contributed by atoms with van der Waals surface area (Å²) in [6.45, 7) is 6.80. The first kappa shape index (κ1) is 16.2. The summed E-state index contributed by atoms with van der Waals surface area (Å²) in [7, 11) is 0. The molecule has 2 aromatic rings.